The van der Waals surface area contributed by atoms with Crippen LogP contribution in [0, 0.1) is 6.92 Å². The Kier molecular flexibility index (Phi) is 3.51. The molecular weight excluding hydrogens is 300 g/mol. The Labute approximate surface area is 133 Å². The van der Waals surface area contributed by atoms with E-state index >= 15 is 0 Å². The van der Waals surface area contributed by atoms with Gasteiger partial charge in [-0.05, 0) is 25.3 Å². The predicted molar refractivity (Wildman–Crippen MR) is 79.5 cm³/mol. The lowest BCUT2D eigenvalue weighted by Crippen LogP contribution is -2.44. The molecule has 3 N–H and O–H groups in total. The van der Waals surface area contributed by atoms with E-state index < -0.39 is 6.10 Å². The molecule has 3 aliphatic rings. The fraction of sp³-hybridized carbons (Fsp3) is 0.625. The van der Waals surface area contributed by atoms with Gasteiger partial charge in [0.1, 0.15) is 24.0 Å². The van der Waals surface area contributed by atoms with Gasteiger partial charge >= 0.3 is 0 Å². The van der Waals surface area contributed by atoms with Crippen molar-refractivity contribution in [1.29, 1.82) is 0 Å². The van der Waals surface area contributed by atoms with E-state index in [1.807, 2.05) is 0 Å². The summed E-state index contributed by atoms with van der Waals surface area (Å²) in [5, 5.41) is 12.7. The summed E-state index contributed by atoms with van der Waals surface area (Å²) in [6, 6.07) is -0.292. The molecule has 0 bridgehead atoms. The van der Waals surface area contributed by atoms with Gasteiger partial charge in [0.2, 0.25) is 0 Å². The minimum Gasteiger partial charge on any atom is -0.388 e. The van der Waals surface area contributed by atoms with E-state index in [0.717, 1.165) is 18.5 Å². The molecule has 0 spiro atoms. The summed E-state index contributed by atoms with van der Waals surface area (Å²) >= 11 is 0. The minimum absolute atomic E-state index is 0.102. The monoisotopic (exact) mass is 320 g/mol. The van der Waals surface area contributed by atoms with Crippen molar-refractivity contribution in [2.24, 2.45) is 0 Å². The third kappa shape index (κ3) is 2.31. The molecule has 1 amide bonds. The molecule has 0 unspecified atom stereocenters. The Balaban J connectivity index is 1.53. The molecule has 2 aliphatic heterocycles. The Morgan fingerprint density at radius 1 is 1.26 bits per heavy atom. The van der Waals surface area contributed by atoms with E-state index in [1.54, 1.807) is 6.92 Å². The summed E-state index contributed by atoms with van der Waals surface area (Å²) in [6.07, 6.45) is 0.818. The number of aromatic nitrogens is 1. The molecule has 3 heterocycles. The lowest BCUT2D eigenvalue weighted by Gasteiger charge is -2.17. The third-order valence-corrected chi connectivity index (χ3v) is 5.01. The van der Waals surface area contributed by atoms with Gasteiger partial charge in [0, 0.05) is 17.7 Å². The molecule has 2 saturated heterocycles. The van der Waals surface area contributed by atoms with Crippen LogP contribution in [0.1, 0.15) is 44.9 Å². The molecule has 7 heteroatoms. The molecule has 1 aromatic rings. The van der Waals surface area contributed by atoms with Gasteiger partial charge in [-0.3, -0.25) is 9.59 Å². The topological polar surface area (TPSA) is 101 Å². The van der Waals surface area contributed by atoms with Crippen LogP contribution >= 0.6 is 0 Å². The number of aryl methyl sites for hydroxylation is 1. The van der Waals surface area contributed by atoms with Gasteiger partial charge in [0.15, 0.2) is 5.78 Å². The number of ether oxygens (including phenoxy) is 2. The van der Waals surface area contributed by atoms with E-state index in [2.05, 4.69) is 10.3 Å². The molecule has 1 aliphatic carbocycles. The molecule has 0 radical (unpaired) electrons. The molecule has 124 valence electrons. The fourth-order valence-electron chi connectivity index (χ4n) is 3.84. The van der Waals surface area contributed by atoms with Crippen molar-refractivity contribution < 1.29 is 24.2 Å². The highest BCUT2D eigenvalue weighted by Crippen LogP contribution is 2.29. The first kappa shape index (κ1) is 14.9. The number of aromatic amines is 1. The van der Waals surface area contributed by atoms with Crippen LogP contribution in [0.15, 0.2) is 0 Å². The van der Waals surface area contributed by atoms with Crippen molar-refractivity contribution in [2.75, 3.05) is 13.2 Å². The zero-order valence-electron chi connectivity index (χ0n) is 12.9. The smallest absolute Gasteiger partial charge is 0.268 e. The quantitative estimate of drug-likeness (QED) is 0.717. The van der Waals surface area contributed by atoms with E-state index in [9.17, 15) is 14.7 Å². The summed E-state index contributed by atoms with van der Waals surface area (Å²) in [6.45, 7) is 2.35. The molecule has 0 aromatic carbocycles. The molecule has 7 nitrogen and oxygen atoms in total. The van der Waals surface area contributed by atoms with Crippen molar-refractivity contribution in [3.63, 3.8) is 0 Å². The first-order valence-corrected chi connectivity index (χ1v) is 8.03. The first-order valence-electron chi connectivity index (χ1n) is 8.03. The highest BCUT2D eigenvalue weighted by atomic mass is 16.6. The second-order valence-electron chi connectivity index (χ2n) is 6.50. The van der Waals surface area contributed by atoms with E-state index in [4.69, 9.17) is 9.47 Å². The average molecular weight is 320 g/mol. The van der Waals surface area contributed by atoms with Crippen LogP contribution in [0.2, 0.25) is 0 Å². The number of nitrogens with one attached hydrogen (secondary N) is 2. The molecule has 0 saturated carbocycles. The van der Waals surface area contributed by atoms with Gasteiger partial charge in [0.05, 0.1) is 19.3 Å². The lowest BCUT2D eigenvalue weighted by atomic mass is 9.94. The number of fused-ring (bicyclic) bond motifs is 2. The van der Waals surface area contributed by atoms with Crippen molar-refractivity contribution >= 4 is 11.7 Å². The number of ketones is 1. The minimum atomic E-state index is -0.640. The summed E-state index contributed by atoms with van der Waals surface area (Å²) in [4.78, 5) is 27.8. The number of carbonyl (C=O) groups excluding carboxylic acids is 2. The standard InChI is InChI=1S/C16H20N2O5/c1-7-12-8(3-2-4-10(12)19)17-13(7)16(21)18-9-5-22-15-11(20)6-23-14(9)15/h9,11,14-15,17,20H,2-6H2,1H3,(H,18,21)/t9-,11-,14-,15-/m1/s1. The van der Waals surface area contributed by atoms with Gasteiger partial charge in [-0.1, -0.05) is 0 Å². The van der Waals surface area contributed by atoms with E-state index in [-0.39, 0.29) is 36.5 Å². The second kappa shape index (κ2) is 5.43. The number of rotatable bonds is 2. The molecule has 23 heavy (non-hydrogen) atoms. The molecule has 2 fully saturated rings. The number of H-pyrrole nitrogens is 1. The number of aliphatic hydroxyl groups is 1. The number of amides is 1. The van der Waals surface area contributed by atoms with Gasteiger partial charge in [-0.2, -0.15) is 0 Å². The Bertz CT molecular complexity index is 668. The van der Waals surface area contributed by atoms with Crippen molar-refractivity contribution in [2.45, 2.75) is 50.5 Å². The van der Waals surface area contributed by atoms with Gasteiger partial charge < -0.3 is 24.9 Å². The van der Waals surface area contributed by atoms with Crippen LogP contribution in [0.3, 0.4) is 0 Å². The SMILES string of the molecule is Cc1c(C(=O)N[C@@H]2CO[C@H]3[C@@H]2OC[C@H]3O)[nH]c2c1C(=O)CCC2. The molecule has 1 aromatic heterocycles. The van der Waals surface area contributed by atoms with Gasteiger partial charge in [0.25, 0.3) is 5.91 Å². The van der Waals surface area contributed by atoms with Crippen LogP contribution in [-0.2, 0) is 15.9 Å². The number of hydrogen-bond acceptors (Lipinski definition) is 5. The van der Waals surface area contributed by atoms with Crippen LogP contribution in [-0.4, -0.2) is 59.3 Å². The largest absolute Gasteiger partial charge is 0.388 e. The molecular formula is C16H20N2O5. The number of Topliss-reactive ketones (excluding diaryl/α,β-unsaturated/α-hetero) is 1. The Morgan fingerprint density at radius 3 is 2.83 bits per heavy atom. The maximum absolute atomic E-state index is 12.6. The maximum Gasteiger partial charge on any atom is 0.268 e. The Hall–Kier alpha value is -1.70. The predicted octanol–water partition coefficient (Wildman–Crippen LogP) is 0.0990. The average Bonchev–Trinajstić information content (AvgIpc) is 3.17. The lowest BCUT2D eigenvalue weighted by molar-refractivity contribution is 0.0178. The first-order chi connectivity index (χ1) is 11.1. The zero-order valence-corrected chi connectivity index (χ0v) is 12.9. The molecule has 4 rings (SSSR count). The molecule has 4 atom stereocenters. The second-order valence-corrected chi connectivity index (χ2v) is 6.50. The van der Waals surface area contributed by atoms with Crippen LogP contribution in [0.4, 0.5) is 0 Å². The normalized spacial score (nSPS) is 32.7. The van der Waals surface area contributed by atoms with Crippen LogP contribution in [0.5, 0.6) is 0 Å². The maximum atomic E-state index is 12.6. The summed E-state index contributed by atoms with van der Waals surface area (Å²) < 4.78 is 11.0. The zero-order chi connectivity index (χ0) is 16.1. The van der Waals surface area contributed by atoms with Crippen LogP contribution < -0.4 is 5.32 Å². The van der Waals surface area contributed by atoms with Gasteiger partial charge in [-0.25, -0.2) is 0 Å². The van der Waals surface area contributed by atoms with Gasteiger partial charge in [-0.15, -0.1) is 0 Å². The van der Waals surface area contributed by atoms with E-state index in [1.165, 1.54) is 0 Å². The summed E-state index contributed by atoms with van der Waals surface area (Å²) in [7, 11) is 0. The highest BCUT2D eigenvalue weighted by molar-refractivity contribution is 6.04. The summed E-state index contributed by atoms with van der Waals surface area (Å²) in [5.41, 5.74) is 2.68. The van der Waals surface area contributed by atoms with Crippen molar-refractivity contribution in [3.05, 3.63) is 22.5 Å². The summed E-state index contributed by atoms with van der Waals surface area (Å²) in [5.74, 6) is -0.158. The van der Waals surface area contributed by atoms with Crippen LogP contribution in [0.25, 0.3) is 0 Å². The third-order valence-electron chi connectivity index (χ3n) is 5.01. The van der Waals surface area contributed by atoms with Crippen molar-refractivity contribution in [3.8, 4) is 0 Å². The Morgan fingerprint density at radius 2 is 2.04 bits per heavy atom. The highest BCUT2D eigenvalue weighted by Gasteiger charge is 2.47. The fourth-order valence-corrected chi connectivity index (χ4v) is 3.84. The number of hydrogen-bond donors (Lipinski definition) is 3. The van der Waals surface area contributed by atoms with E-state index in [0.29, 0.717) is 29.8 Å². The number of carbonyl (C=O) groups is 2. The van der Waals surface area contributed by atoms with Crippen molar-refractivity contribution in [1.82, 2.24) is 10.3 Å². The number of aliphatic hydroxyl groups excluding tert-OH is 1.